The van der Waals surface area contributed by atoms with Crippen LogP contribution in [-0.2, 0) is 0 Å². The zero-order valence-electron chi connectivity index (χ0n) is 18.0. The lowest BCUT2D eigenvalue weighted by atomic mass is 10.0. The highest BCUT2D eigenvalue weighted by Gasteiger charge is 2.41. The number of hydrogen-bond donors (Lipinski definition) is 1. The number of benzene rings is 1. The minimum absolute atomic E-state index is 0.0286. The van der Waals surface area contributed by atoms with Gasteiger partial charge in [0, 0.05) is 30.4 Å². The standard InChI is InChI=1S/C23H25N5O3S/c1-26(2)13-6-14-27-22(21(25-23(27)32)18-9-3-4-12-24-18)20-11-10-19(31-20)16-7-5-8-17(15-16)28(29)30/h3-5,7-12,15,21-22H,6,13-14H2,1-2H3,(H,25,32)/t21-,22+/m0/s1. The van der Waals surface area contributed by atoms with Crippen LogP contribution in [0.5, 0.6) is 0 Å². The van der Waals surface area contributed by atoms with E-state index in [1.54, 1.807) is 18.3 Å². The summed E-state index contributed by atoms with van der Waals surface area (Å²) >= 11 is 5.68. The number of aromatic nitrogens is 1. The Balaban J connectivity index is 1.67. The summed E-state index contributed by atoms with van der Waals surface area (Å²) in [7, 11) is 4.10. The Labute approximate surface area is 192 Å². The molecule has 1 aliphatic rings. The van der Waals surface area contributed by atoms with E-state index in [1.807, 2.05) is 44.4 Å². The number of pyridine rings is 1. The number of hydrogen-bond acceptors (Lipinski definition) is 6. The van der Waals surface area contributed by atoms with E-state index >= 15 is 0 Å². The lowest BCUT2D eigenvalue weighted by Gasteiger charge is -2.26. The minimum atomic E-state index is -0.406. The van der Waals surface area contributed by atoms with Crippen molar-refractivity contribution in [3.63, 3.8) is 0 Å². The molecule has 8 nitrogen and oxygen atoms in total. The van der Waals surface area contributed by atoms with Crippen LogP contribution in [-0.4, -0.2) is 52.0 Å². The number of nitrogens with zero attached hydrogens (tertiary/aromatic N) is 4. The summed E-state index contributed by atoms with van der Waals surface area (Å²) in [6, 6.07) is 15.7. The van der Waals surface area contributed by atoms with Crippen LogP contribution in [0, 0.1) is 10.1 Å². The summed E-state index contributed by atoms with van der Waals surface area (Å²) in [4.78, 5) is 19.6. The Hall–Kier alpha value is -3.30. The SMILES string of the molecule is CN(C)CCCN1C(=S)N[C@@H](c2ccccn2)[C@H]1c1ccc(-c2cccc([N+](=O)[O-])c2)o1. The van der Waals surface area contributed by atoms with E-state index in [4.69, 9.17) is 16.6 Å². The Morgan fingerprint density at radius 2 is 2.06 bits per heavy atom. The highest BCUT2D eigenvalue weighted by atomic mass is 32.1. The second-order valence-corrected chi connectivity index (χ2v) is 8.37. The number of nitro groups is 1. The molecule has 32 heavy (non-hydrogen) atoms. The van der Waals surface area contributed by atoms with Crippen molar-refractivity contribution < 1.29 is 9.34 Å². The number of thiocarbonyl (C=S) groups is 1. The largest absolute Gasteiger partial charge is 0.459 e. The lowest BCUT2D eigenvalue weighted by molar-refractivity contribution is -0.384. The Morgan fingerprint density at radius 3 is 2.78 bits per heavy atom. The summed E-state index contributed by atoms with van der Waals surface area (Å²) in [6.07, 6.45) is 2.71. The van der Waals surface area contributed by atoms with Crippen LogP contribution in [0.2, 0.25) is 0 Å². The topological polar surface area (TPSA) is 87.7 Å². The molecule has 2 aromatic heterocycles. The highest BCUT2D eigenvalue weighted by molar-refractivity contribution is 7.80. The summed E-state index contributed by atoms with van der Waals surface area (Å²) in [6.45, 7) is 1.71. The van der Waals surface area contributed by atoms with Gasteiger partial charge in [0.1, 0.15) is 17.6 Å². The number of furan rings is 1. The molecule has 1 saturated heterocycles. The number of nitro benzene ring substituents is 1. The molecule has 1 aliphatic heterocycles. The smallest absolute Gasteiger partial charge is 0.270 e. The third-order valence-electron chi connectivity index (χ3n) is 5.46. The molecule has 1 fully saturated rings. The van der Waals surface area contributed by atoms with Crippen LogP contribution in [0.3, 0.4) is 0 Å². The molecule has 0 aliphatic carbocycles. The average Bonchev–Trinajstić information content (AvgIpc) is 3.39. The molecule has 4 rings (SSSR count). The molecule has 0 amide bonds. The fraction of sp³-hybridized carbons (Fsp3) is 0.304. The highest BCUT2D eigenvalue weighted by Crippen LogP contribution is 2.40. The second-order valence-electron chi connectivity index (χ2n) is 7.99. The third kappa shape index (κ3) is 4.63. The molecular formula is C23H25N5O3S. The van der Waals surface area contributed by atoms with E-state index in [-0.39, 0.29) is 17.8 Å². The van der Waals surface area contributed by atoms with Gasteiger partial charge in [-0.2, -0.15) is 0 Å². The number of nitrogens with one attached hydrogen (secondary N) is 1. The van der Waals surface area contributed by atoms with E-state index in [1.165, 1.54) is 12.1 Å². The first kappa shape index (κ1) is 21.9. The first-order chi connectivity index (χ1) is 15.4. The number of rotatable bonds is 8. The average molecular weight is 452 g/mol. The first-order valence-corrected chi connectivity index (χ1v) is 10.8. The summed E-state index contributed by atoms with van der Waals surface area (Å²) in [5, 5.41) is 15.2. The van der Waals surface area contributed by atoms with Crippen molar-refractivity contribution in [3.05, 3.63) is 82.4 Å². The van der Waals surface area contributed by atoms with Gasteiger partial charge in [-0.25, -0.2) is 0 Å². The van der Waals surface area contributed by atoms with Crippen molar-refractivity contribution in [2.75, 3.05) is 27.2 Å². The second kappa shape index (κ2) is 9.46. The van der Waals surface area contributed by atoms with Crippen molar-refractivity contribution in [3.8, 4) is 11.3 Å². The first-order valence-electron chi connectivity index (χ1n) is 10.4. The molecule has 166 valence electrons. The molecule has 9 heteroatoms. The maximum atomic E-state index is 11.2. The maximum Gasteiger partial charge on any atom is 0.270 e. The molecule has 1 N–H and O–H groups in total. The molecule has 0 unspecified atom stereocenters. The van der Waals surface area contributed by atoms with E-state index in [9.17, 15) is 10.1 Å². The molecule has 0 saturated carbocycles. The predicted octanol–water partition coefficient (Wildman–Crippen LogP) is 4.17. The third-order valence-corrected chi connectivity index (χ3v) is 5.81. The molecule has 0 radical (unpaired) electrons. The van der Waals surface area contributed by atoms with E-state index in [2.05, 4.69) is 20.1 Å². The van der Waals surface area contributed by atoms with Gasteiger partial charge in [-0.3, -0.25) is 15.1 Å². The molecule has 0 spiro atoms. The van der Waals surface area contributed by atoms with Gasteiger partial charge in [0.25, 0.3) is 5.69 Å². The Morgan fingerprint density at radius 1 is 1.22 bits per heavy atom. The molecule has 3 aromatic rings. The molecular weight excluding hydrogens is 426 g/mol. The molecule has 3 heterocycles. The zero-order valence-corrected chi connectivity index (χ0v) is 18.8. The van der Waals surface area contributed by atoms with Gasteiger partial charge in [0.2, 0.25) is 0 Å². The van der Waals surface area contributed by atoms with Gasteiger partial charge < -0.3 is 19.5 Å². The number of non-ortho nitro benzene ring substituents is 1. The van der Waals surface area contributed by atoms with Gasteiger partial charge in [0.15, 0.2) is 5.11 Å². The van der Waals surface area contributed by atoms with Gasteiger partial charge in [-0.05, 0) is 63.5 Å². The van der Waals surface area contributed by atoms with E-state index in [0.29, 0.717) is 16.4 Å². The van der Waals surface area contributed by atoms with Crippen molar-refractivity contribution in [2.24, 2.45) is 0 Å². The zero-order chi connectivity index (χ0) is 22.7. The summed E-state index contributed by atoms with van der Waals surface area (Å²) < 4.78 is 6.24. The monoisotopic (exact) mass is 451 g/mol. The van der Waals surface area contributed by atoms with Crippen LogP contribution in [0.4, 0.5) is 5.69 Å². The minimum Gasteiger partial charge on any atom is -0.459 e. The molecule has 0 bridgehead atoms. The summed E-state index contributed by atoms with van der Waals surface area (Å²) in [5.41, 5.74) is 1.57. The van der Waals surface area contributed by atoms with E-state index < -0.39 is 4.92 Å². The quantitative estimate of drug-likeness (QED) is 0.310. The van der Waals surface area contributed by atoms with Crippen molar-refractivity contribution in [1.29, 1.82) is 0 Å². The van der Waals surface area contributed by atoms with Crippen LogP contribution in [0.1, 0.15) is 30.0 Å². The molecule has 2 atom stereocenters. The fourth-order valence-corrected chi connectivity index (χ4v) is 4.28. The molecule has 1 aromatic carbocycles. The predicted molar refractivity (Wildman–Crippen MR) is 126 cm³/mol. The van der Waals surface area contributed by atoms with Crippen LogP contribution >= 0.6 is 12.2 Å². The fourth-order valence-electron chi connectivity index (χ4n) is 3.95. The van der Waals surface area contributed by atoms with Crippen LogP contribution < -0.4 is 5.32 Å². The Bertz CT molecular complexity index is 1100. The van der Waals surface area contributed by atoms with E-state index in [0.717, 1.165) is 31.0 Å². The van der Waals surface area contributed by atoms with Crippen LogP contribution in [0.15, 0.2) is 65.2 Å². The van der Waals surface area contributed by atoms with Crippen molar-refractivity contribution in [2.45, 2.75) is 18.5 Å². The maximum absolute atomic E-state index is 11.2. The lowest BCUT2D eigenvalue weighted by Crippen LogP contribution is -2.32. The van der Waals surface area contributed by atoms with Crippen molar-refractivity contribution in [1.82, 2.24) is 20.1 Å². The van der Waals surface area contributed by atoms with Crippen molar-refractivity contribution >= 4 is 23.0 Å². The normalized spacial score (nSPS) is 18.2. The summed E-state index contributed by atoms with van der Waals surface area (Å²) in [5.74, 6) is 1.31. The van der Waals surface area contributed by atoms with Gasteiger partial charge in [0.05, 0.1) is 16.7 Å². The van der Waals surface area contributed by atoms with Gasteiger partial charge in [-0.1, -0.05) is 18.2 Å². The Kier molecular flexibility index (Phi) is 6.48. The van der Waals surface area contributed by atoms with Gasteiger partial charge in [-0.15, -0.1) is 0 Å². The van der Waals surface area contributed by atoms with Gasteiger partial charge >= 0.3 is 0 Å². The van der Waals surface area contributed by atoms with Crippen LogP contribution in [0.25, 0.3) is 11.3 Å².